The summed E-state index contributed by atoms with van der Waals surface area (Å²) in [6.07, 6.45) is 1.63. The lowest BCUT2D eigenvalue weighted by atomic mass is 10.1. The van der Waals surface area contributed by atoms with Crippen molar-refractivity contribution in [3.8, 4) is 11.3 Å². The van der Waals surface area contributed by atoms with E-state index in [4.69, 9.17) is 33.0 Å². The van der Waals surface area contributed by atoms with Crippen LogP contribution in [0.15, 0.2) is 70.0 Å². The highest BCUT2D eigenvalue weighted by Gasteiger charge is 2.33. The number of hydrogen-bond acceptors (Lipinski definition) is 6. The number of hydrogen-bond donors (Lipinski definition) is 0. The van der Waals surface area contributed by atoms with Crippen LogP contribution in [0.3, 0.4) is 0 Å². The number of halogens is 1. The van der Waals surface area contributed by atoms with Crippen LogP contribution in [0.2, 0.25) is 5.02 Å². The van der Waals surface area contributed by atoms with Gasteiger partial charge in [-0.25, -0.2) is 4.79 Å². The molecule has 1 amide bonds. The zero-order valence-electron chi connectivity index (χ0n) is 15.6. The molecule has 0 aliphatic carbocycles. The number of rotatable bonds is 4. The predicted molar refractivity (Wildman–Crippen MR) is 123 cm³/mol. The highest BCUT2D eigenvalue weighted by Crippen LogP contribution is 2.37. The van der Waals surface area contributed by atoms with Crippen LogP contribution in [0.5, 0.6) is 0 Å². The maximum Gasteiger partial charge on any atom is 0.338 e. The van der Waals surface area contributed by atoms with Gasteiger partial charge in [0.15, 0.2) is 4.32 Å². The van der Waals surface area contributed by atoms with Gasteiger partial charge in [-0.3, -0.25) is 9.69 Å². The molecule has 1 fully saturated rings. The molecule has 0 bridgehead atoms. The summed E-state index contributed by atoms with van der Waals surface area (Å²) in [5.74, 6) is 0.259. The van der Waals surface area contributed by atoms with Gasteiger partial charge >= 0.3 is 5.97 Å². The molecule has 4 rings (SSSR count). The smallest absolute Gasteiger partial charge is 0.338 e. The molecule has 1 saturated heterocycles. The molecule has 0 radical (unpaired) electrons. The molecule has 0 spiro atoms. The number of thiocarbonyl (C=S) groups is 1. The Morgan fingerprint density at radius 2 is 1.97 bits per heavy atom. The van der Waals surface area contributed by atoms with Crippen LogP contribution in [-0.2, 0) is 9.53 Å². The maximum absolute atomic E-state index is 12.9. The standard InChI is InChI=1S/C22H14ClNO4S2/c1-27-21(26)17-8-3-2-7-16(17)18-10-9-15(28-18)12-19-20(25)24(22(29)30-19)14-6-4-5-13(23)11-14/h2-12H,1H3/b19-12+. The first-order chi connectivity index (χ1) is 14.5. The summed E-state index contributed by atoms with van der Waals surface area (Å²) in [7, 11) is 1.33. The van der Waals surface area contributed by atoms with Crippen molar-refractivity contribution in [2.24, 2.45) is 0 Å². The number of thioether (sulfide) groups is 1. The summed E-state index contributed by atoms with van der Waals surface area (Å²) in [6.45, 7) is 0. The van der Waals surface area contributed by atoms with E-state index < -0.39 is 5.97 Å². The van der Waals surface area contributed by atoms with Gasteiger partial charge in [0.2, 0.25) is 0 Å². The Morgan fingerprint density at radius 3 is 2.73 bits per heavy atom. The molecule has 1 aromatic heterocycles. The Hall–Kier alpha value is -2.87. The monoisotopic (exact) mass is 455 g/mol. The first kappa shape index (κ1) is 20.4. The third-order valence-electron chi connectivity index (χ3n) is 4.36. The first-order valence-electron chi connectivity index (χ1n) is 8.79. The van der Waals surface area contributed by atoms with Gasteiger partial charge in [-0.1, -0.05) is 59.8 Å². The van der Waals surface area contributed by atoms with E-state index in [1.807, 2.05) is 0 Å². The number of ether oxygens (including phenoxy) is 1. The molecule has 30 heavy (non-hydrogen) atoms. The van der Waals surface area contributed by atoms with Crippen molar-refractivity contribution in [3.63, 3.8) is 0 Å². The second kappa shape index (κ2) is 8.47. The van der Waals surface area contributed by atoms with Crippen LogP contribution in [0, 0.1) is 0 Å². The van der Waals surface area contributed by atoms with Crippen molar-refractivity contribution in [1.29, 1.82) is 0 Å². The number of esters is 1. The Balaban J connectivity index is 1.63. The molecule has 5 nitrogen and oxygen atoms in total. The lowest BCUT2D eigenvalue weighted by Crippen LogP contribution is -2.27. The van der Waals surface area contributed by atoms with Gasteiger partial charge in [0, 0.05) is 16.7 Å². The Labute approximate surface area is 187 Å². The van der Waals surface area contributed by atoms with E-state index in [0.29, 0.717) is 42.6 Å². The molecule has 0 N–H and O–H groups in total. The van der Waals surface area contributed by atoms with Gasteiger partial charge < -0.3 is 9.15 Å². The van der Waals surface area contributed by atoms with E-state index in [0.717, 1.165) is 0 Å². The van der Waals surface area contributed by atoms with Crippen molar-refractivity contribution < 1.29 is 18.7 Å². The molecule has 2 aromatic carbocycles. The van der Waals surface area contributed by atoms with Crippen molar-refractivity contribution >= 4 is 63.5 Å². The van der Waals surface area contributed by atoms with Crippen LogP contribution < -0.4 is 4.90 Å². The van der Waals surface area contributed by atoms with Gasteiger partial charge in [-0.2, -0.15) is 0 Å². The van der Waals surface area contributed by atoms with Crippen LogP contribution in [0.4, 0.5) is 5.69 Å². The average Bonchev–Trinajstić information content (AvgIpc) is 3.31. The fourth-order valence-electron chi connectivity index (χ4n) is 3.00. The van der Waals surface area contributed by atoms with E-state index in [1.54, 1.807) is 66.7 Å². The first-order valence-corrected chi connectivity index (χ1v) is 10.4. The SMILES string of the molecule is COC(=O)c1ccccc1-c1ccc(/C=C2/SC(=S)N(c3cccc(Cl)c3)C2=O)o1. The van der Waals surface area contributed by atoms with E-state index in [9.17, 15) is 9.59 Å². The van der Waals surface area contributed by atoms with Crippen molar-refractivity contribution in [1.82, 2.24) is 0 Å². The number of nitrogens with zero attached hydrogens (tertiary/aromatic N) is 1. The van der Waals surface area contributed by atoms with Crippen LogP contribution in [0.1, 0.15) is 16.1 Å². The second-order valence-electron chi connectivity index (χ2n) is 6.24. The minimum Gasteiger partial charge on any atom is -0.465 e. The molecule has 150 valence electrons. The van der Waals surface area contributed by atoms with Gasteiger partial charge in [0.05, 0.1) is 23.3 Å². The predicted octanol–water partition coefficient (Wildman–Crippen LogP) is 5.79. The molecular formula is C22H14ClNO4S2. The van der Waals surface area contributed by atoms with Crippen LogP contribution in [-0.4, -0.2) is 23.3 Å². The number of carbonyl (C=O) groups excluding carboxylic acids is 2. The molecule has 0 saturated carbocycles. The quantitative estimate of drug-likeness (QED) is 0.282. The van der Waals surface area contributed by atoms with Gasteiger partial charge in [0.1, 0.15) is 11.5 Å². The minimum absolute atomic E-state index is 0.250. The summed E-state index contributed by atoms with van der Waals surface area (Å²) >= 11 is 12.6. The normalized spacial score (nSPS) is 15.1. The molecule has 1 aliphatic heterocycles. The maximum atomic E-state index is 12.9. The fourth-order valence-corrected chi connectivity index (χ4v) is 4.46. The van der Waals surface area contributed by atoms with Crippen LogP contribution in [0.25, 0.3) is 17.4 Å². The minimum atomic E-state index is -0.453. The molecule has 0 atom stereocenters. The summed E-state index contributed by atoms with van der Waals surface area (Å²) < 4.78 is 11.1. The Morgan fingerprint density at radius 1 is 1.17 bits per heavy atom. The van der Waals surface area contributed by atoms with Crippen LogP contribution >= 0.6 is 35.6 Å². The molecule has 2 heterocycles. The highest BCUT2D eigenvalue weighted by atomic mass is 35.5. The summed E-state index contributed by atoms with van der Waals surface area (Å²) in [4.78, 5) is 26.8. The van der Waals surface area contributed by atoms with E-state index in [-0.39, 0.29) is 5.91 Å². The fraction of sp³-hybridized carbons (Fsp3) is 0.0455. The molecule has 8 heteroatoms. The summed E-state index contributed by atoms with van der Waals surface area (Å²) in [6, 6.07) is 17.4. The Kier molecular flexibility index (Phi) is 5.76. The summed E-state index contributed by atoms with van der Waals surface area (Å²) in [5.41, 5.74) is 1.61. The van der Waals surface area contributed by atoms with E-state index in [1.165, 1.54) is 23.8 Å². The Bertz CT molecular complexity index is 1200. The van der Waals surface area contributed by atoms with Gasteiger partial charge in [-0.15, -0.1) is 0 Å². The summed E-state index contributed by atoms with van der Waals surface area (Å²) in [5, 5.41) is 0.519. The zero-order chi connectivity index (χ0) is 21.3. The second-order valence-corrected chi connectivity index (χ2v) is 8.35. The van der Waals surface area contributed by atoms with Crippen molar-refractivity contribution in [2.75, 3.05) is 12.0 Å². The van der Waals surface area contributed by atoms with Crippen molar-refractivity contribution in [3.05, 3.63) is 81.9 Å². The number of benzene rings is 2. The number of amides is 1. The van der Waals surface area contributed by atoms with Gasteiger partial charge in [-0.05, 0) is 36.4 Å². The lowest BCUT2D eigenvalue weighted by Gasteiger charge is -2.14. The largest absolute Gasteiger partial charge is 0.465 e. The number of anilines is 1. The third kappa shape index (κ3) is 3.92. The lowest BCUT2D eigenvalue weighted by molar-refractivity contribution is -0.113. The topological polar surface area (TPSA) is 59.8 Å². The molecule has 3 aromatic rings. The number of carbonyl (C=O) groups is 2. The number of methoxy groups -OCH3 is 1. The van der Waals surface area contributed by atoms with Gasteiger partial charge in [0.25, 0.3) is 5.91 Å². The molecular weight excluding hydrogens is 442 g/mol. The zero-order valence-corrected chi connectivity index (χ0v) is 18.0. The average molecular weight is 456 g/mol. The van der Waals surface area contributed by atoms with E-state index in [2.05, 4.69) is 0 Å². The van der Waals surface area contributed by atoms with E-state index >= 15 is 0 Å². The third-order valence-corrected chi connectivity index (χ3v) is 5.90. The highest BCUT2D eigenvalue weighted by molar-refractivity contribution is 8.27. The number of furan rings is 1. The molecule has 0 unspecified atom stereocenters. The molecule has 1 aliphatic rings. The van der Waals surface area contributed by atoms with Crippen molar-refractivity contribution in [2.45, 2.75) is 0 Å².